The van der Waals surface area contributed by atoms with Crippen molar-refractivity contribution < 1.29 is 9.59 Å². The molecule has 0 aliphatic carbocycles. The van der Waals surface area contributed by atoms with Crippen molar-refractivity contribution >= 4 is 23.4 Å². The Kier molecular flexibility index (Phi) is 4.05. The van der Waals surface area contributed by atoms with Crippen LogP contribution in [0.3, 0.4) is 0 Å². The van der Waals surface area contributed by atoms with Crippen LogP contribution in [0, 0.1) is 0 Å². The molecule has 0 unspecified atom stereocenters. The van der Waals surface area contributed by atoms with Crippen molar-refractivity contribution in [3.8, 4) is 0 Å². The third-order valence-corrected chi connectivity index (χ3v) is 1.88. The average molecular weight is 228 g/mol. The summed E-state index contributed by atoms with van der Waals surface area (Å²) in [6, 6.07) is 2.95. The molecule has 0 saturated carbocycles. The number of pyridine rings is 1. The van der Waals surface area contributed by atoms with Crippen molar-refractivity contribution in [1.29, 1.82) is 0 Å². The van der Waals surface area contributed by atoms with Crippen LogP contribution >= 0.6 is 11.6 Å². The molecule has 1 aromatic heterocycles. The van der Waals surface area contributed by atoms with Crippen LogP contribution in [-0.2, 0) is 4.79 Å². The topological polar surface area (TPSA) is 71.1 Å². The Morgan fingerprint density at radius 1 is 1.53 bits per heavy atom. The lowest BCUT2D eigenvalue weighted by Gasteiger charge is -2.03. The summed E-state index contributed by atoms with van der Waals surface area (Å²) in [7, 11) is 1.50. The summed E-state index contributed by atoms with van der Waals surface area (Å²) >= 11 is 5.61. The maximum atomic E-state index is 11.4. The molecule has 1 rings (SSSR count). The quantitative estimate of drug-likeness (QED) is 0.726. The van der Waals surface area contributed by atoms with E-state index in [1.807, 2.05) is 0 Å². The van der Waals surface area contributed by atoms with Gasteiger partial charge in [-0.25, -0.2) is 4.98 Å². The van der Waals surface area contributed by atoms with E-state index in [-0.39, 0.29) is 23.5 Å². The fraction of sp³-hybridized carbons (Fsp3) is 0.222. The van der Waals surface area contributed by atoms with Crippen LogP contribution in [-0.4, -0.2) is 30.4 Å². The number of halogens is 1. The maximum absolute atomic E-state index is 11.4. The van der Waals surface area contributed by atoms with Gasteiger partial charge >= 0.3 is 0 Å². The van der Waals surface area contributed by atoms with Gasteiger partial charge in [0.1, 0.15) is 5.15 Å². The van der Waals surface area contributed by atoms with E-state index in [9.17, 15) is 9.59 Å². The van der Waals surface area contributed by atoms with Crippen molar-refractivity contribution in [2.75, 3.05) is 13.6 Å². The molecule has 0 spiro atoms. The summed E-state index contributed by atoms with van der Waals surface area (Å²) in [5.41, 5.74) is 0.374. The second-order valence-electron chi connectivity index (χ2n) is 2.72. The molecule has 80 valence electrons. The number of nitrogens with zero attached hydrogens (tertiary/aromatic N) is 1. The zero-order valence-electron chi connectivity index (χ0n) is 8.08. The van der Waals surface area contributed by atoms with E-state index in [4.69, 9.17) is 11.6 Å². The van der Waals surface area contributed by atoms with Gasteiger partial charge in [0.05, 0.1) is 6.54 Å². The summed E-state index contributed by atoms with van der Waals surface area (Å²) in [4.78, 5) is 26.0. The molecule has 0 aliphatic rings. The highest BCUT2D eigenvalue weighted by Crippen LogP contribution is 2.06. The number of likely N-dealkylation sites (N-methyl/N-ethyl adjacent to an activating group) is 1. The number of hydrogen-bond acceptors (Lipinski definition) is 3. The van der Waals surface area contributed by atoms with E-state index in [1.54, 1.807) is 0 Å². The van der Waals surface area contributed by atoms with Gasteiger partial charge in [0, 0.05) is 18.8 Å². The van der Waals surface area contributed by atoms with Crippen LogP contribution in [0.4, 0.5) is 0 Å². The Labute approximate surface area is 91.8 Å². The van der Waals surface area contributed by atoms with Gasteiger partial charge in [0.2, 0.25) is 5.91 Å². The third kappa shape index (κ3) is 3.55. The van der Waals surface area contributed by atoms with Gasteiger partial charge < -0.3 is 10.6 Å². The number of aromatic nitrogens is 1. The zero-order chi connectivity index (χ0) is 11.3. The van der Waals surface area contributed by atoms with E-state index >= 15 is 0 Å². The first kappa shape index (κ1) is 11.5. The van der Waals surface area contributed by atoms with Crippen molar-refractivity contribution in [3.63, 3.8) is 0 Å². The van der Waals surface area contributed by atoms with Crippen LogP contribution in [0.2, 0.25) is 5.15 Å². The van der Waals surface area contributed by atoms with Crippen LogP contribution in [0.5, 0.6) is 0 Å². The van der Waals surface area contributed by atoms with Gasteiger partial charge in [0.25, 0.3) is 5.91 Å². The fourth-order valence-electron chi connectivity index (χ4n) is 0.895. The minimum absolute atomic E-state index is 0.0602. The Bertz CT molecular complexity index is 381. The molecule has 15 heavy (non-hydrogen) atoms. The average Bonchev–Trinajstić information content (AvgIpc) is 2.25. The highest BCUT2D eigenvalue weighted by Gasteiger charge is 2.07. The van der Waals surface area contributed by atoms with Crippen LogP contribution in [0.1, 0.15) is 10.4 Å². The predicted molar refractivity (Wildman–Crippen MR) is 55.6 cm³/mol. The summed E-state index contributed by atoms with van der Waals surface area (Å²) < 4.78 is 0. The Hall–Kier alpha value is -1.62. The van der Waals surface area contributed by atoms with E-state index in [0.717, 1.165) is 0 Å². The summed E-state index contributed by atoms with van der Waals surface area (Å²) in [5, 5.41) is 5.07. The Morgan fingerprint density at radius 3 is 2.87 bits per heavy atom. The van der Waals surface area contributed by atoms with Crippen molar-refractivity contribution in [1.82, 2.24) is 15.6 Å². The van der Waals surface area contributed by atoms with Crippen molar-refractivity contribution in [3.05, 3.63) is 29.0 Å². The minimum Gasteiger partial charge on any atom is -0.358 e. The highest BCUT2D eigenvalue weighted by molar-refractivity contribution is 6.29. The monoisotopic (exact) mass is 227 g/mol. The van der Waals surface area contributed by atoms with E-state index < -0.39 is 0 Å². The van der Waals surface area contributed by atoms with Gasteiger partial charge in [-0.3, -0.25) is 9.59 Å². The number of nitrogens with one attached hydrogen (secondary N) is 2. The zero-order valence-corrected chi connectivity index (χ0v) is 8.84. The van der Waals surface area contributed by atoms with Crippen molar-refractivity contribution in [2.24, 2.45) is 0 Å². The van der Waals surface area contributed by atoms with E-state index in [0.29, 0.717) is 5.56 Å². The van der Waals surface area contributed by atoms with E-state index in [1.165, 1.54) is 25.4 Å². The molecule has 5 nitrogen and oxygen atoms in total. The summed E-state index contributed by atoms with van der Waals surface area (Å²) in [6.07, 6.45) is 1.43. The molecule has 0 aromatic carbocycles. The first-order valence-electron chi connectivity index (χ1n) is 4.24. The molecule has 2 amide bonds. The molecule has 1 heterocycles. The molecule has 2 N–H and O–H groups in total. The van der Waals surface area contributed by atoms with Crippen LogP contribution in [0.25, 0.3) is 0 Å². The Balaban J connectivity index is 2.58. The largest absolute Gasteiger partial charge is 0.358 e. The second kappa shape index (κ2) is 5.31. The molecule has 0 saturated heterocycles. The SMILES string of the molecule is CNC(=O)CNC(=O)c1ccnc(Cl)c1. The van der Waals surface area contributed by atoms with Crippen LogP contribution < -0.4 is 10.6 Å². The number of hydrogen-bond donors (Lipinski definition) is 2. The van der Waals surface area contributed by atoms with Crippen LogP contribution in [0.15, 0.2) is 18.3 Å². The second-order valence-corrected chi connectivity index (χ2v) is 3.11. The molecule has 0 fully saturated rings. The number of carbonyl (C=O) groups excluding carboxylic acids is 2. The minimum atomic E-state index is -0.358. The van der Waals surface area contributed by atoms with E-state index in [2.05, 4.69) is 15.6 Å². The lowest BCUT2D eigenvalue weighted by atomic mass is 10.2. The lowest BCUT2D eigenvalue weighted by molar-refractivity contribution is -0.119. The standard InChI is InChI=1S/C9H10ClN3O2/c1-11-8(14)5-13-9(15)6-2-3-12-7(10)4-6/h2-4H,5H2,1H3,(H,11,14)(H,13,15). The number of amides is 2. The molecule has 0 bridgehead atoms. The lowest BCUT2D eigenvalue weighted by Crippen LogP contribution is -2.35. The molecule has 0 atom stereocenters. The molecule has 1 aromatic rings. The van der Waals surface area contributed by atoms with Gasteiger partial charge in [-0.05, 0) is 12.1 Å². The number of rotatable bonds is 3. The third-order valence-electron chi connectivity index (χ3n) is 1.68. The first-order valence-corrected chi connectivity index (χ1v) is 4.61. The molecule has 6 heteroatoms. The van der Waals surface area contributed by atoms with Gasteiger partial charge in [-0.2, -0.15) is 0 Å². The summed E-state index contributed by atoms with van der Waals surface area (Å²) in [5.74, 6) is -0.619. The molecular weight excluding hydrogens is 218 g/mol. The smallest absolute Gasteiger partial charge is 0.251 e. The molecule has 0 aliphatic heterocycles. The maximum Gasteiger partial charge on any atom is 0.251 e. The molecule has 0 radical (unpaired) electrons. The van der Waals surface area contributed by atoms with Gasteiger partial charge in [-0.15, -0.1) is 0 Å². The highest BCUT2D eigenvalue weighted by atomic mass is 35.5. The number of carbonyl (C=O) groups is 2. The fourth-order valence-corrected chi connectivity index (χ4v) is 1.07. The Morgan fingerprint density at radius 2 is 2.27 bits per heavy atom. The summed E-state index contributed by atoms with van der Waals surface area (Å²) in [6.45, 7) is -0.0602. The van der Waals surface area contributed by atoms with Gasteiger partial charge in [-0.1, -0.05) is 11.6 Å². The molecular formula is C9H10ClN3O2. The van der Waals surface area contributed by atoms with Crippen molar-refractivity contribution in [2.45, 2.75) is 0 Å². The first-order chi connectivity index (χ1) is 7.13. The predicted octanol–water partition coefficient (Wildman–Crippen LogP) is 0.211. The van der Waals surface area contributed by atoms with Gasteiger partial charge in [0.15, 0.2) is 0 Å². The normalized spacial score (nSPS) is 9.47.